The van der Waals surface area contributed by atoms with Gasteiger partial charge in [0.05, 0.1) is 5.69 Å². The fourth-order valence-electron chi connectivity index (χ4n) is 3.59. The van der Waals surface area contributed by atoms with E-state index >= 15 is 0 Å². The fourth-order valence-corrected chi connectivity index (χ4v) is 3.75. The normalized spacial score (nSPS) is 14.1. The van der Waals surface area contributed by atoms with Gasteiger partial charge in [0.1, 0.15) is 11.6 Å². The van der Waals surface area contributed by atoms with Crippen LogP contribution >= 0.6 is 11.6 Å². The van der Waals surface area contributed by atoms with Crippen molar-refractivity contribution in [3.05, 3.63) is 112 Å². The van der Waals surface area contributed by atoms with Crippen molar-refractivity contribution in [1.82, 2.24) is 25.4 Å². The number of benzene rings is 1. The summed E-state index contributed by atoms with van der Waals surface area (Å²) in [6.07, 6.45) is 6.89. The lowest BCUT2D eigenvalue weighted by atomic mass is 10.0. The Hall–Kier alpha value is -4.17. The zero-order valence-electron chi connectivity index (χ0n) is 19.4. The first-order valence-corrected chi connectivity index (χ1v) is 11.3. The van der Waals surface area contributed by atoms with Crippen LogP contribution in [0.5, 0.6) is 0 Å². The lowest BCUT2D eigenvalue weighted by molar-refractivity contribution is 0.613. The Kier molecular flexibility index (Phi) is 7.12. The van der Waals surface area contributed by atoms with E-state index in [4.69, 9.17) is 22.1 Å². The van der Waals surface area contributed by atoms with Crippen LogP contribution in [0.15, 0.2) is 84.4 Å². The number of likely N-dealkylation sites (N-methyl/N-ethyl adjacent to an activating group) is 1. The molecule has 0 amide bonds. The third-order valence-corrected chi connectivity index (χ3v) is 5.67. The van der Waals surface area contributed by atoms with Gasteiger partial charge in [0.2, 0.25) is 0 Å². The Balaban J connectivity index is 1.75. The molecule has 3 aromatic rings. The van der Waals surface area contributed by atoms with Crippen molar-refractivity contribution in [2.24, 2.45) is 0 Å². The van der Waals surface area contributed by atoms with Crippen molar-refractivity contribution in [2.75, 3.05) is 12.4 Å². The Morgan fingerprint density at radius 1 is 1.29 bits per heavy atom. The number of allylic oxidation sites excluding steroid dienone is 4. The van der Waals surface area contributed by atoms with Crippen LogP contribution in [0.3, 0.4) is 0 Å². The zero-order chi connectivity index (χ0) is 24.9. The summed E-state index contributed by atoms with van der Waals surface area (Å²) in [5, 5.41) is 22.2. The van der Waals surface area contributed by atoms with Crippen LogP contribution in [-0.4, -0.2) is 28.0 Å². The summed E-state index contributed by atoms with van der Waals surface area (Å²) in [7, 11) is 1.76. The van der Waals surface area contributed by atoms with Crippen LogP contribution in [0.1, 0.15) is 17.0 Å². The fraction of sp³-hybridized carbons (Fsp3) is 0.115. The van der Waals surface area contributed by atoms with E-state index in [1.54, 1.807) is 30.1 Å². The van der Waals surface area contributed by atoms with E-state index in [9.17, 15) is 4.39 Å². The first kappa shape index (κ1) is 24.0. The molecule has 1 aromatic carbocycles. The second-order valence-corrected chi connectivity index (χ2v) is 8.27. The van der Waals surface area contributed by atoms with E-state index in [1.165, 1.54) is 12.3 Å². The number of halogens is 2. The first-order chi connectivity index (χ1) is 16.9. The number of nitrogens with one attached hydrogen (secondary N) is 4. The lowest BCUT2D eigenvalue weighted by Gasteiger charge is -2.16. The molecule has 178 valence electrons. The highest BCUT2D eigenvalue weighted by atomic mass is 35.5. The average molecular weight is 490 g/mol. The van der Waals surface area contributed by atoms with Gasteiger partial charge in [-0.3, -0.25) is 0 Å². The number of aryl methyl sites for hydroxylation is 1. The van der Waals surface area contributed by atoms with Gasteiger partial charge >= 0.3 is 0 Å². The smallest absolute Gasteiger partial charge is 0.154 e. The van der Waals surface area contributed by atoms with E-state index in [0.717, 1.165) is 22.7 Å². The van der Waals surface area contributed by atoms with Crippen LogP contribution in [-0.2, 0) is 6.54 Å². The third kappa shape index (κ3) is 5.33. The standard InChI is InChI=1S/C26H25ClFN7/c1-16-5-4-6-26(33-16)35-24(18-9-10-31-23(11-18)21(14-29)17(2)30-3)13-25(34-35)32-15-19-7-8-20(27)12-22(19)28/h4-14,29-31H,2,15H2,1,3H3,(H,32,34)/b23-21+,29-14?. The molecule has 7 nitrogen and oxygen atoms in total. The van der Waals surface area contributed by atoms with Crippen molar-refractivity contribution in [3.63, 3.8) is 0 Å². The van der Waals surface area contributed by atoms with Crippen LogP contribution in [0.25, 0.3) is 11.4 Å². The maximum atomic E-state index is 14.3. The number of dihydropyridines is 1. The number of hydrogen-bond acceptors (Lipinski definition) is 6. The lowest BCUT2D eigenvalue weighted by Crippen LogP contribution is -2.17. The Labute approximate surface area is 208 Å². The molecule has 0 atom stereocenters. The summed E-state index contributed by atoms with van der Waals surface area (Å²) in [6, 6.07) is 12.2. The highest BCUT2D eigenvalue weighted by Gasteiger charge is 2.17. The number of nitrogens with zero attached hydrogens (tertiary/aromatic N) is 3. The molecule has 0 radical (unpaired) electrons. The number of hydrogen-bond donors (Lipinski definition) is 4. The van der Waals surface area contributed by atoms with Crippen molar-refractivity contribution < 1.29 is 4.39 Å². The third-order valence-electron chi connectivity index (χ3n) is 5.43. The minimum Gasteiger partial charge on any atom is -0.388 e. The number of anilines is 1. The predicted octanol–water partition coefficient (Wildman–Crippen LogP) is 5.12. The van der Waals surface area contributed by atoms with Gasteiger partial charge in [0.15, 0.2) is 5.82 Å². The highest BCUT2D eigenvalue weighted by molar-refractivity contribution is 6.30. The van der Waals surface area contributed by atoms with Crippen LogP contribution in [0.2, 0.25) is 5.02 Å². The molecule has 0 bridgehead atoms. The predicted molar refractivity (Wildman–Crippen MR) is 139 cm³/mol. The molecular formula is C26H25ClFN7. The summed E-state index contributed by atoms with van der Waals surface area (Å²) in [5.41, 5.74) is 4.93. The first-order valence-electron chi connectivity index (χ1n) is 10.9. The van der Waals surface area contributed by atoms with Gasteiger partial charge in [-0.05, 0) is 43.3 Å². The van der Waals surface area contributed by atoms with Gasteiger partial charge in [-0.15, -0.1) is 5.10 Å². The van der Waals surface area contributed by atoms with Gasteiger partial charge in [0.25, 0.3) is 0 Å². The van der Waals surface area contributed by atoms with E-state index in [-0.39, 0.29) is 12.4 Å². The largest absolute Gasteiger partial charge is 0.388 e. The minimum atomic E-state index is -0.382. The molecule has 2 aromatic heterocycles. The molecule has 1 aliphatic heterocycles. The Bertz CT molecular complexity index is 1380. The van der Waals surface area contributed by atoms with Crippen LogP contribution in [0, 0.1) is 18.2 Å². The van der Waals surface area contributed by atoms with Crippen LogP contribution in [0.4, 0.5) is 10.2 Å². The van der Waals surface area contributed by atoms with E-state index in [2.05, 4.69) is 27.5 Å². The Morgan fingerprint density at radius 2 is 2.11 bits per heavy atom. The van der Waals surface area contributed by atoms with E-state index in [1.807, 2.05) is 43.3 Å². The molecule has 1 aliphatic rings. The van der Waals surface area contributed by atoms with Crippen molar-refractivity contribution >= 4 is 29.2 Å². The molecule has 9 heteroatoms. The van der Waals surface area contributed by atoms with E-state index in [0.29, 0.717) is 33.5 Å². The average Bonchev–Trinajstić information content (AvgIpc) is 3.28. The number of rotatable bonds is 8. The summed E-state index contributed by atoms with van der Waals surface area (Å²) >= 11 is 5.87. The van der Waals surface area contributed by atoms with Gasteiger partial charge in [0, 0.05) is 70.9 Å². The highest BCUT2D eigenvalue weighted by Crippen LogP contribution is 2.27. The molecule has 35 heavy (non-hydrogen) atoms. The maximum absolute atomic E-state index is 14.3. The molecular weight excluding hydrogens is 465 g/mol. The van der Waals surface area contributed by atoms with Crippen LogP contribution < -0.4 is 16.0 Å². The molecule has 0 fully saturated rings. The summed E-state index contributed by atoms with van der Waals surface area (Å²) in [6.45, 7) is 6.13. The molecule has 4 rings (SSSR count). The van der Waals surface area contributed by atoms with Gasteiger partial charge in [-0.2, -0.15) is 0 Å². The topological polar surface area (TPSA) is 90.7 Å². The SMILES string of the molecule is C=C(NC)/C(C=N)=C1\C=C(c2cc(NCc3ccc(Cl)cc3F)nn2-c2cccc(C)n2)C=CN1. The number of aromatic nitrogens is 3. The van der Waals surface area contributed by atoms with Crippen molar-refractivity contribution in [2.45, 2.75) is 13.5 Å². The molecule has 0 spiro atoms. The summed E-state index contributed by atoms with van der Waals surface area (Å²) in [4.78, 5) is 4.62. The quantitative estimate of drug-likeness (QED) is 0.330. The minimum absolute atomic E-state index is 0.238. The number of pyridine rings is 1. The van der Waals surface area contributed by atoms with Crippen molar-refractivity contribution in [3.8, 4) is 5.82 Å². The van der Waals surface area contributed by atoms with Gasteiger partial charge in [-0.1, -0.05) is 30.3 Å². The summed E-state index contributed by atoms with van der Waals surface area (Å²) in [5.74, 6) is 0.826. The maximum Gasteiger partial charge on any atom is 0.154 e. The van der Waals surface area contributed by atoms with Gasteiger partial charge in [-0.25, -0.2) is 14.1 Å². The zero-order valence-corrected chi connectivity index (χ0v) is 20.1. The molecule has 0 saturated carbocycles. The molecule has 0 unspecified atom stereocenters. The monoisotopic (exact) mass is 489 g/mol. The Morgan fingerprint density at radius 3 is 2.83 bits per heavy atom. The van der Waals surface area contributed by atoms with E-state index < -0.39 is 0 Å². The van der Waals surface area contributed by atoms with Crippen molar-refractivity contribution in [1.29, 1.82) is 5.41 Å². The molecule has 4 N–H and O–H groups in total. The molecule has 3 heterocycles. The molecule has 0 aliphatic carbocycles. The molecule has 0 saturated heterocycles. The second kappa shape index (κ2) is 10.4. The second-order valence-electron chi connectivity index (χ2n) is 7.83. The van der Waals surface area contributed by atoms with Gasteiger partial charge < -0.3 is 21.4 Å². The summed E-state index contributed by atoms with van der Waals surface area (Å²) < 4.78 is 16.0.